The average molecular weight is 240 g/mol. The van der Waals surface area contributed by atoms with Crippen LogP contribution in [-0.4, -0.2) is 30.1 Å². The van der Waals surface area contributed by atoms with Crippen molar-refractivity contribution in [3.8, 4) is 0 Å². The molecule has 1 rings (SSSR count). The summed E-state index contributed by atoms with van der Waals surface area (Å²) in [5.74, 6) is -2.71. The van der Waals surface area contributed by atoms with Crippen molar-refractivity contribution >= 4 is 17.6 Å². The highest BCUT2D eigenvalue weighted by Crippen LogP contribution is 2.18. The Labute approximate surface area is 97.6 Å². The van der Waals surface area contributed by atoms with Crippen molar-refractivity contribution in [1.82, 2.24) is 5.32 Å². The van der Waals surface area contributed by atoms with E-state index in [1.807, 2.05) is 6.92 Å². The van der Waals surface area contributed by atoms with Crippen molar-refractivity contribution in [3.63, 3.8) is 0 Å². The van der Waals surface area contributed by atoms with Crippen LogP contribution in [0.5, 0.6) is 0 Å². The zero-order chi connectivity index (χ0) is 12.8. The second-order valence-corrected chi connectivity index (χ2v) is 3.30. The summed E-state index contributed by atoms with van der Waals surface area (Å²) in [5, 5.41) is 14.0. The van der Waals surface area contributed by atoms with Crippen LogP contribution in [-0.2, 0) is 4.79 Å². The molecule has 1 aromatic carbocycles. The first-order valence-electron chi connectivity index (χ1n) is 5.08. The van der Waals surface area contributed by atoms with Crippen LogP contribution in [0.1, 0.15) is 17.3 Å². The van der Waals surface area contributed by atoms with Gasteiger partial charge in [0, 0.05) is 0 Å². The molecule has 0 fully saturated rings. The maximum absolute atomic E-state index is 13.3. The van der Waals surface area contributed by atoms with Crippen molar-refractivity contribution in [3.05, 3.63) is 29.6 Å². The number of rotatable bonds is 5. The first kappa shape index (κ1) is 13.1. The van der Waals surface area contributed by atoms with E-state index in [4.69, 9.17) is 5.11 Å². The predicted octanol–water partition coefficient (Wildman–Crippen LogP) is 1.07. The molecule has 0 heterocycles. The van der Waals surface area contributed by atoms with Crippen LogP contribution < -0.4 is 10.6 Å². The lowest BCUT2D eigenvalue weighted by molar-refractivity contribution is -0.115. The molecule has 0 saturated carbocycles. The summed E-state index contributed by atoms with van der Waals surface area (Å²) >= 11 is 0. The van der Waals surface area contributed by atoms with Gasteiger partial charge in [0.15, 0.2) is 0 Å². The minimum absolute atomic E-state index is 0.0413. The molecule has 92 valence electrons. The number of carbonyl (C=O) groups is 2. The first-order valence-corrected chi connectivity index (χ1v) is 5.08. The van der Waals surface area contributed by atoms with Gasteiger partial charge in [-0.1, -0.05) is 13.0 Å². The standard InChI is InChI=1S/C11H13FN2O3/c1-2-13-6-9(15)14-8-5-3-4-7(12)10(8)11(16)17/h3-5,13H,2,6H2,1H3,(H,14,15)(H,16,17). The number of halogens is 1. The molecule has 17 heavy (non-hydrogen) atoms. The van der Waals surface area contributed by atoms with Crippen LogP contribution in [0.25, 0.3) is 0 Å². The minimum Gasteiger partial charge on any atom is -0.478 e. The molecule has 0 aliphatic rings. The Hall–Kier alpha value is -1.95. The van der Waals surface area contributed by atoms with Gasteiger partial charge in [-0.3, -0.25) is 4.79 Å². The maximum Gasteiger partial charge on any atom is 0.340 e. The molecule has 0 aromatic heterocycles. The van der Waals surface area contributed by atoms with Crippen LogP contribution in [0.3, 0.4) is 0 Å². The number of benzene rings is 1. The van der Waals surface area contributed by atoms with Gasteiger partial charge < -0.3 is 15.7 Å². The van der Waals surface area contributed by atoms with E-state index in [0.717, 1.165) is 6.07 Å². The summed E-state index contributed by atoms with van der Waals surface area (Å²) in [6.45, 7) is 2.49. The molecule has 0 bridgehead atoms. The average Bonchev–Trinajstić information content (AvgIpc) is 2.25. The molecule has 0 atom stereocenters. The molecule has 5 nitrogen and oxygen atoms in total. The lowest BCUT2D eigenvalue weighted by Crippen LogP contribution is -2.28. The number of amides is 1. The Morgan fingerprint density at radius 1 is 1.41 bits per heavy atom. The van der Waals surface area contributed by atoms with Gasteiger partial charge in [0.05, 0.1) is 12.2 Å². The van der Waals surface area contributed by atoms with E-state index < -0.39 is 23.3 Å². The molecule has 6 heteroatoms. The smallest absolute Gasteiger partial charge is 0.340 e. The maximum atomic E-state index is 13.3. The van der Waals surface area contributed by atoms with Crippen LogP contribution >= 0.6 is 0 Å². The zero-order valence-electron chi connectivity index (χ0n) is 9.29. The molecule has 1 amide bonds. The first-order chi connectivity index (χ1) is 8.06. The van der Waals surface area contributed by atoms with Gasteiger partial charge in [-0.15, -0.1) is 0 Å². The topological polar surface area (TPSA) is 78.4 Å². The fourth-order valence-corrected chi connectivity index (χ4v) is 1.28. The Bertz CT molecular complexity index is 435. The molecule has 0 spiro atoms. The van der Waals surface area contributed by atoms with Crippen LogP contribution in [0.2, 0.25) is 0 Å². The second kappa shape index (κ2) is 5.95. The van der Waals surface area contributed by atoms with Crippen LogP contribution in [0, 0.1) is 5.82 Å². The van der Waals surface area contributed by atoms with Gasteiger partial charge in [0.1, 0.15) is 11.4 Å². The highest BCUT2D eigenvalue weighted by Gasteiger charge is 2.16. The van der Waals surface area contributed by atoms with Crippen molar-refractivity contribution < 1.29 is 19.1 Å². The van der Waals surface area contributed by atoms with Crippen molar-refractivity contribution in [1.29, 1.82) is 0 Å². The monoisotopic (exact) mass is 240 g/mol. The highest BCUT2D eigenvalue weighted by molar-refractivity contribution is 6.01. The Morgan fingerprint density at radius 3 is 2.71 bits per heavy atom. The van der Waals surface area contributed by atoms with Crippen molar-refractivity contribution in [2.45, 2.75) is 6.92 Å². The van der Waals surface area contributed by atoms with Gasteiger partial charge in [-0.2, -0.15) is 0 Å². The SMILES string of the molecule is CCNCC(=O)Nc1cccc(F)c1C(=O)O. The van der Waals surface area contributed by atoms with E-state index in [0.29, 0.717) is 6.54 Å². The molecular formula is C11H13FN2O3. The van der Waals surface area contributed by atoms with Crippen LogP contribution in [0.4, 0.5) is 10.1 Å². The number of aromatic carboxylic acids is 1. The Balaban J connectivity index is 2.87. The Morgan fingerprint density at radius 2 is 2.12 bits per heavy atom. The van der Waals surface area contributed by atoms with E-state index in [9.17, 15) is 14.0 Å². The highest BCUT2D eigenvalue weighted by atomic mass is 19.1. The number of hydrogen-bond donors (Lipinski definition) is 3. The van der Waals surface area contributed by atoms with Gasteiger partial charge in [-0.05, 0) is 18.7 Å². The van der Waals surface area contributed by atoms with E-state index in [1.165, 1.54) is 12.1 Å². The van der Waals surface area contributed by atoms with Gasteiger partial charge in [0.25, 0.3) is 0 Å². The molecule has 3 N–H and O–H groups in total. The van der Waals surface area contributed by atoms with E-state index in [1.54, 1.807) is 0 Å². The molecule has 0 saturated heterocycles. The number of carboxylic acid groups (broad SMARTS) is 1. The fourth-order valence-electron chi connectivity index (χ4n) is 1.28. The molecule has 0 aliphatic heterocycles. The third-order valence-electron chi connectivity index (χ3n) is 2.04. The Kier molecular flexibility index (Phi) is 4.59. The number of carboxylic acids is 1. The fraction of sp³-hybridized carbons (Fsp3) is 0.273. The lowest BCUT2D eigenvalue weighted by Gasteiger charge is -2.09. The molecule has 0 radical (unpaired) electrons. The number of likely N-dealkylation sites (N-methyl/N-ethyl adjacent to an activating group) is 1. The predicted molar refractivity (Wildman–Crippen MR) is 60.5 cm³/mol. The number of carbonyl (C=O) groups excluding carboxylic acids is 1. The minimum atomic E-state index is -1.41. The van der Waals surface area contributed by atoms with Crippen LogP contribution in [0.15, 0.2) is 18.2 Å². The molecule has 0 unspecified atom stereocenters. The number of anilines is 1. The summed E-state index contributed by atoms with van der Waals surface area (Å²) < 4.78 is 13.3. The summed E-state index contributed by atoms with van der Waals surface area (Å²) in [4.78, 5) is 22.2. The largest absolute Gasteiger partial charge is 0.478 e. The lowest BCUT2D eigenvalue weighted by atomic mass is 10.1. The molecule has 1 aromatic rings. The van der Waals surface area contributed by atoms with Crippen molar-refractivity contribution in [2.24, 2.45) is 0 Å². The van der Waals surface area contributed by atoms with Crippen molar-refractivity contribution in [2.75, 3.05) is 18.4 Å². The third-order valence-corrected chi connectivity index (χ3v) is 2.04. The third kappa shape index (κ3) is 3.53. The van der Waals surface area contributed by atoms with Gasteiger partial charge >= 0.3 is 5.97 Å². The van der Waals surface area contributed by atoms with Gasteiger partial charge in [-0.25, -0.2) is 9.18 Å². The molecular weight excluding hydrogens is 227 g/mol. The van der Waals surface area contributed by atoms with Gasteiger partial charge in [0.2, 0.25) is 5.91 Å². The zero-order valence-corrected chi connectivity index (χ0v) is 9.29. The van der Waals surface area contributed by atoms with E-state index in [2.05, 4.69) is 10.6 Å². The normalized spacial score (nSPS) is 10.0. The summed E-state index contributed by atoms with van der Waals surface area (Å²) in [5.41, 5.74) is -0.572. The summed E-state index contributed by atoms with van der Waals surface area (Å²) in [6, 6.07) is 3.71. The number of nitrogens with one attached hydrogen (secondary N) is 2. The van der Waals surface area contributed by atoms with E-state index >= 15 is 0 Å². The number of hydrogen-bond acceptors (Lipinski definition) is 3. The second-order valence-electron chi connectivity index (χ2n) is 3.30. The summed E-state index contributed by atoms with van der Waals surface area (Å²) in [7, 11) is 0. The molecule has 0 aliphatic carbocycles. The van der Waals surface area contributed by atoms with E-state index in [-0.39, 0.29) is 12.2 Å². The summed E-state index contributed by atoms with van der Waals surface area (Å²) in [6.07, 6.45) is 0. The quantitative estimate of drug-likeness (QED) is 0.719.